The summed E-state index contributed by atoms with van der Waals surface area (Å²) in [4.78, 5) is 12.8. The number of amides is 1. The summed E-state index contributed by atoms with van der Waals surface area (Å²) in [5.41, 5.74) is 3.92. The Balaban J connectivity index is 1.74. The number of aromatic nitrogens is 1. The third-order valence-electron chi connectivity index (χ3n) is 5.83. The summed E-state index contributed by atoms with van der Waals surface area (Å²) in [6.45, 7) is 5.30. The lowest BCUT2D eigenvalue weighted by molar-refractivity contribution is -0.121. The van der Waals surface area contributed by atoms with Gasteiger partial charge in [-0.1, -0.05) is 56.3 Å². The average Bonchev–Trinajstić information content (AvgIpc) is 3.16. The van der Waals surface area contributed by atoms with Crippen molar-refractivity contribution in [3.63, 3.8) is 0 Å². The summed E-state index contributed by atoms with van der Waals surface area (Å²) in [6.07, 6.45) is 2.33. The smallest absolute Gasteiger partial charge is 0.220 e. The molecule has 33 heavy (non-hydrogen) atoms. The number of para-hydroxylation sites is 1. The molecule has 0 spiro atoms. The molecule has 1 N–H and O–H groups in total. The van der Waals surface area contributed by atoms with Gasteiger partial charge in [0, 0.05) is 42.5 Å². The fourth-order valence-electron chi connectivity index (χ4n) is 4.15. The summed E-state index contributed by atoms with van der Waals surface area (Å²) in [6, 6.07) is 20.9. The lowest BCUT2D eigenvalue weighted by Crippen LogP contribution is -2.28. The Hall–Kier alpha value is -3.47. The van der Waals surface area contributed by atoms with Gasteiger partial charge in [0.1, 0.15) is 11.6 Å². The molecule has 0 bridgehead atoms. The Morgan fingerprint density at radius 1 is 0.909 bits per heavy atom. The molecule has 0 aliphatic rings. The van der Waals surface area contributed by atoms with Crippen LogP contribution in [-0.2, 0) is 11.3 Å². The Morgan fingerprint density at radius 2 is 1.55 bits per heavy atom. The third kappa shape index (κ3) is 5.48. The van der Waals surface area contributed by atoms with Crippen LogP contribution in [0.15, 0.2) is 79.0 Å². The minimum Gasteiger partial charge on any atom is -0.356 e. The maximum atomic E-state index is 13.6. The van der Waals surface area contributed by atoms with Crippen LogP contribution in [0, 0.1) is 17.6 Å². The zero-order valence-corrected chi connectivity index (χ0v) is 18.9. The largest absolute Gasteiger partial charge is 0.356 e. The Morgan fingerprint density at radius 3 is 2.21 bits per heavy atom. The number of hydrogen-bond donors (Lipinski definition) is 1. The predicted molar refractivity (Wildman–Crippen MR) is 128 cm³/mol. The van der Waals surface area contributed by atoms with E-state index in [9.17, 15) is 13.6 Å². The highest BCUT2D eigenvalue weighted by molar-refractivity contribution is 5.86. The van der Waals surface area contributed by atoms with E-state index in [4.69, 9.17) is 0 Å². The van der Waals surface area contributed by atoms with Crippen molar-refractivity contribution in [3.05, 3.63) is 107 Å². The topological polar surface area (TPSA) is 34.0 Å². The van der Waals surface area contributed by atoms with Crippen molar-refractivity contribution in [2.45, 2.75) is 32.7 Å². The number of carbonyl (C=O) groups excluding carboxylic acids is 1. The van der Waals surface area contributed by atoms with Crippen LogP contribution >= 0.6 is 0 Å². The second kappa shape index (κ2) is 9.99. The van der Waals surface area contributed by atoms with E-state index in [0.29, 0.717) is 19.0 Å². The predicted octanol–water partition coefficient (Wildman–Crippen LogP) is 6.26. The van der Waals surface area contributed by atoms with Gasteiger partial charge in [-0.05, 0) is 52.9 Å². The van der Waals surface area contributed by atoms with Crippen LogP contribution in [0.3, 0.4) is 0 Å². The van der Waals surface area contributed by atoms with Crippen LogP contribution in [0.5, 0.6) is 0 Å². The Bertz CT molecular complexity index is 1230. The Kier molecular flexibility index (Phi) is 6.87. The molecule has 5 heteroatoms. The molecule has 4 rings (SSSR count). The lowest BCUT2D eigenvalue weighted by atomic mass is 9.88. The van der Waals surface area contributed by atoms with E-state index in [1.54, 1.807) is 24.3 Å². The minimum absolute atomic E-state index is 0.0339. The number of benzene rings is 3. The quantitative estimate of drug-likeness (QED) is 0.340. The first-order valence-corrected chi connectivity index (χ1v) is 11.2. The van der Waals surface area contributed by atoms with Crippen LogP contribution in [0.1, 0.15) is 42.9 Å². The molecule has 0 aliphatic carbocycles. The van der Waals surface area contributed by atoms with E-state index in [2.05, 4.69) is 29.9 Å². The first-order chi connectivity index (χ1) is 15.9. The van der Waals surface area contributed by atoms with Gasteiger partial charge in [0.25, 0.3) is 0 Å². The number of nitrogens with one attached hydrogen (secondary N) is 1. The molecular weight excluding hydrogens is 418 g/mol. The summed E-state index contributed by atoms with van der Waals surface area (Å²) in [5, 5.41) is 4.05. The lowest BCUT2D eigenvalue weighted by Gasteiger charge is -2.18. The zero-order chi connectivity index (χ0) is 23.4. The van der Waals surface area contributed by atoms with E-state index in [-0.39, 0.29) is 29.9 Å². The maximum absolute atomic E-state index is 13.6. The summed E-state index contributed by atoms with van der Waals surface area (Å²) >= 11 is 0. The van der Waals surface area contributed by atoms with Gasteiger partial charge in [-0.2, -0.15) is 0 Å². The zero-order valence-electron chi connectivity index (χ0n) is 18.9. The van der Waals surface area contributed by atoms with E-state index in [0.717, 1.165) is 27.6 Å². The van der Waals surface area contributed by atoms with Crippen molar-refractivity contribution in [2.24, 2.45) is 5.92 Å². The second-order valence-corrected chi connectivity index (χ2v) is 8.86. The van der Waals surface area contributed by atoms with Crippen molar-refractivity contribution < 1.29 is 13.6 Å². The SMILES string of the molecule is CC(C)CNC(=O)C[C@@H](c1ccc(F)cc1)c1cn(Cc2ccc(F)cc2)c2ccccc12. The molecule has 0 unspecified atom stereocenters. The molecule has 0 aliphatic heterocycles. The molecule has 3 nitrogen and oxygen atoms in total. The van der Waals surface area contributed by atoms with E-state index in [1.807, 2.05) is 24.3 Å². The van der Waals surface area contributed by atoms with Gasteiger partial charge in [-0.25, -0.2) is 8.78 Å². The van der Waals surface area contributed by atoms with Gasteiger partial charge in [0.2, 0.25) is 5.91 Å². The highest BCUT2D eigenvalue weighted by Crippen LogP contribution is 2.35. The first-order valence-electron chi connectivity index (χ1n) is 11.2. The van der Waals surface area contributed by atoms with Crippen LogP contribution in [-0.4, -0.2) is 17.0 Å². The van der Waals surface area contributed by atoms with Gasteiger partial charge in [-0.3, -0.25) is 4.79 Å². The van der Waals surface area contributed by atoms with Gasteiger partial charge in [0.05, 0.1) is 0 Å². The van der Waals surface area contributed by atoms with E-state index >= 15 is 0 Å². The van der Waals surface area contributed by atoms with Gasteiger partial charge >= 0.3 is 0 Å². The highest BCUT2D eigenvalue weighted by Gasteiger charge is 2.23. The van der Waals surface area contributed by atoms with E-state index in [1.165, 1.54) is 24.3 Å². The molecule has 1 heterocycles. The first kappa shape index (κ1) is 22.7. The minimum atomic E-state index is -0.305. The van der Waals surface area contributed by atoms with Crippen molar-refractivity contribution >= 4 is 16.8 Å². The number of hydrogen-bond acceptors (Lipinski definition) is 1. The van der Waals surface area contributed by atoms with Crippen LogP contribution < -0.4 is 5.32 Å². The molecule has 0 fully saturated rings. The number of fused-ring (bicyclic) bond motifs is 1. The van der Waals surface area contributed by atoms with Crippen LogP contribution in [0.2, 0.25) is 0 Å². The van der Waals surface area contributed by atoms with Gasteiger partial charge in [-0.15, -0.1) is 0 Å². The second-order valence-electron chi connectivity index (χ2n) is 8.86. The van der Waals surface area contributed by atoms with Crippen LogP contribution in [0.4, 0.5) is 8.78 Å². The summed E-state index contributed by atoms with van der Waals surface area (Å²) < 4.78 is 29.1. The molecule has 0 saturated carbocycles. The molecule has 1 atom stereocenters. The van der Waals surface area contributed by atoms with Crippen LogP contribution in [0.25, 0.3) is 10.9 Å². The highest BCUT2D eigenvalue weighted by atomic mass is 19.1. The number of rotatable bonds is 8. The molecule has 170 valence electrons. The third-order valence-corrected chi connectivity index (χ3v) is 5.83. The fraction of sp³-hybridized carbons (Fsp3) is 0.250. The van der Waals surface area contributed by atoms with Crippen molar-refractivity contribution in [1.29, 1.82) is 0 Å². The fourth-order valence-corrected chi connectivity index (χ4v) is 4.15. The van der Waals surface area contributed by atoms with E-state index < -0.39 is 0 Å². The Labute approximate surface area is 193 Å². The standard InChI is InChI=1S/C28H28F2N2O/c1-19(2)16-31-28(33)15-25(21-9-13-23(30)14-10-21)26-18-32(27-6-4-3-5-24(26)27)17-20-7-11-22(29)12-8-20/h3-14,18-19,25H,15-17H2,1-2H3,(H,31,33)/t25-/m0/s1. The summed E-state index contributed by atoms with van der Waals surface area (Å²) in [7, 11) is 0. The number of nitrogens with zero attached hydrogens (tertiary/aromatic N) is 1. The molecule has 1 aromatic heterocycles. The average molecular weight is 447 g/mol. The van der Waals surface area contributed by atoms with Gasteiger partial charge < -0.3 is 9.88 Å². The molecular formula is C28H28F2N2O. The molecule has 3 aromatic carbocycles. The number of carbonyl (C=O) groups is 1. The van der Waals surface area contributed by atoms with Crippen molar-refractivity contribution in [1.82, 2.24) is 9.88 Å². The molecule has 0 saturated heterocycles. The van der Waals surface area contributed by atoms with Gasteiger partial charge in [0.15, 0.2) is 0 Å². The molecule has 0 radical (unpaired) electrons. The molecule has 1 amide bonds. The normalized spacial score (nSPS) is 12.3. The monoisotopic (exact) mass is 446 g/mol. The summed E-state index contributed by atoms with van der Waals surface area (Å²) in [5.74, 6) is -0.470. The molecule has 4 aromatic rings. The maximum Gasteiger partial charge on any atom is 0.220 e. The van der Waals surface area contributed by atoms with Crippen molar-refractivity contribution in [2.75, 3.05) is 6.54 Å². The number of halogens is 2. The van der Waals surface area contributed by atoms with Crippen molar-refractivity contribution in [3.8, 4) is 0 Å².